The van der Waals surface area contributed by atoms with Crippen molar-refractivity contribution < 1.29 is 8.85 Å². The van der Waals surface area contributed by atoms with Gasteiger partial charge in [0.2, 0.25) is 0 Å². The average Bonchev–Trinajstić information content (AvgIpc) is 2.94. The van der Waals surface area contributed by atoms with Gasteiger partial charge in [0.15, 0.2) is 16.6 Å². The predicted molar refractivity (Wildman–Crippen MR) is 213 cm³/mol. The first-order valence-corrected chi connectivity index (χ1v) is 26.7. The zero-order valence-electron chi connectivity index (χ0n) is 34.1. The molecule has 0 aromatic carbocycles. The van der Waals surface area contributed by atoms with E-state index in [1.165, 1.54) is 49.9 Å². The summed E-state index contributed by atoms with van der Waals surface area (Å²) in [6.45, 7) is 40.1. The molecular formula is C40H81N3O2Si2. The van der Waals surface area contributed by atoms with Crippen LogP contribution in [0.25, 0.3) is 0 Å². The standard InChI is InChI=1S/C40H81N3O2Si2/c1-29(2)34-19-16-20-35(30(3)4)39(34)41-33(9)38(42-40-36(31(5)6)21-17-22-37(40)32(7)8)23-18-24-43(25-27-44-46(10,11)12)26-28-45-47(13,14)15/h29-32,34-37,39-40H,16-28H2,1-15H3. The molecule has 0 aromatic heterocycles. The second-order valence-corrected chi connectivity index (χ2v) is 27.7. The van der Waals surface area contributed by atoms with Crippen LogP contribution in [0.3, 0.4) is 0 Å². The van der Waals surface area contributed by atoms with Crippen molar-refractivity contribution in [3.05, 3.63) is 0 Å². The van der Waals surface area contributed by atoms with E-state index in [2.05, 4.69) is 106 Å². The van der Waals surface area contributed by atoms with Gasteiger partial charge >= 0.3 is 0 Å². The number of hydrogen-bond donors (Lipinski definition) is 0. The Kier molecular flexibility index (Phi) is 18.1. The molecule has 0 aromatic rings. The Labute approximate surface area is 296 Å². The molecule has 0 spiro atoms. The zero-order chi connectivity index (χ0) is 35.5. The molecule has 0 heterocycles. The Morgan fingerprint density at radius 3 is 1.30 bits per heavy atom. The van der Waals surface area contributed by atoms with E-state index in [-0.39, 0.29) is 0 Å². The normalized spacial score (nSPS) is 27.2. The smallest absolute Gasteiger partial charge is 0.183 e. The highest BCUT2D eigenvalue weighted by Gasteiger charge is 2.38. The summed E-state index contributed by atoms with van der Waals surface area (Å²) in [4.78, 5) is 14.2. The molecule has 5 nitrogen and oxygen atoms in total. The Hall–Kier alpha value is -0.346. The van der Waals surface area contributed by atoms with E-state index in [1.54, 1.807) is 0 Å². The predicted octanol–water partition coefficient (Wildman–Crippen LogP) is 10.9. The fourth-order valence-corrected chi connectivity index (χ4v) is 9.78. The average molecular weight is 692 g/mol. The highest BCUT2D eigenvalue weighted by molar-refractivity contribution is 6.70. The second-order valence-electron chi connectivity index (χ2n) is 18.6. The summed E-state index contributed by atoms with van der Waals surface area (Å²) in [5.74, 6) is 5.31. The molecule has 2 rings (SSSR count). The fourth-order valence-electron chi connectivity index (χ4n) is 8.37. The minimum absolute atomic E-state index is 0.406. The monoisotopic (exact) mass is 692 g/mol. The minimum Gasteiger partial charge on any atom is -0.416 e. The van der Waals surface area contributed by atoms with E-state index >= 15 is 0 Å². The van der Waals surface area contributed by atoms with Gasteiger partial charge in [-0.2, -0.15) is 0 Å². The summed E-state index contributed by atoms with van der Waals surface area (Å²) >= 11 is 0. The van der Waals surface area contributed by atoms with Crippen LogP contribution in [0.2, 0.25) is 39.3 Å². The van der Waals surface area contributed by atoms with Crippen molar-refractivity contribution in [2.45, 2.75) is 165 Å². The molecule has 7 heteroatoms. The van der Waals surface area contributed by atoms with Crippen LogP contribution in [0.15, 0.2) is 9.98 Å². The van der Waals surface area contributed by atoms with Gasteiger partial charge in [0, 0.05) is 26.3 Å². The van der Waals surface area contributed by atoms with Crippen molar-refractivity contribution in [1.82, 2.24) is 4.90 Å². The zero-order valence-corrected chi connectivity index (χ0v) is 36.1. The van der Waals surface area contributed by atoms with E-state index in [1.807, 2.05) is 0 Å². The summed E-state index contributed by atoms with van der Waals surface area (Å²) < 4.78 is 12.6. The Balaban J connectivity index is 2.43. The van der Waals surface area contributed by atoms with Crippen molar-refractivity contribution in [1.29, 1.82) is 0 Å². The van der Waals surface area contributed by atoms with Gasteiger partial charge in [-0.1, -0.05) is 68.2 Å². The molecule has 2 aliphatic rings. The minimum atomic E-state index is -1.54. The van der Waals surface area contributed by atoms with Gasteiger partial charge in [-0.15, -0.1) is 0 Å². The molecule has 276 valence electrons. The van der Waals surface area contributed by atoms with Crippen molar-refractivity contribution in [2.24, 2.45) is 57.3 Å². The van der Waals surface area contributed by atoms with E-state index in [4.69, 9.17) is 18.8 Å². The third-order valence-electron chi connectivity index (χ3n) is 11.2. The molecule has 4 unspecified atom stereocenters. The first-order valence-electron chi connectivity index (χ1n) is 19.9. The van der Waals surface area contributed by atoms with Crippen LogP contribution in [-0.2, 0) is 8.85 Å². The molecule has 2 saturated carbocycles. The number of nitrogens with zero attached hydrogens (tertiary/aromatic N) is 3. The molecule has 0 aliphatic heterocycles. The summed E-state index contributed by atoms with van der Waals surface area (Å²) in [5, 5.41) is 0. The molecule has 0 radical (unpaired) electrons. The van der Waals surface area contributed by atoms with Gasteiger partial charge in [0.05, 0.1) is 23.5 Å². The molecule has 0 amide bonds. The quantitative estimate of drug-likeness (QED) is 0.100. The second kappa shape index (κ2) is 19.9. The van der Waals surface area contributed by atoms with Gasteiger partial charge in [-0.05, 0) is 139 Å². The van der Waals surface area contributed by atoms with E-state index < -0.39 is 16.6 Å². The molecule has 4 atom stereocenters. The number of aliphatic imine (C=N–C) groups is 2. The SMILES string of the molecule is CC(=NC1C(C(C)C)CCCC1C(C)C)C(CCCN(CCO[Si](C)(C)C)CCO[Si](C)(C)C)=NC1C(C(C)C)CCCC1C(C)C. The van der Waals surface area contributed by atoms with E-state index in [9.17, 15) is 0 Å². The lowest BCUT2D eigenvalue weighted by Gasteiger charge is -2.41. The third kappa shape index (κ3) is 15.2. The molecule has 0 N–H and O–H groups in total. The number of hydrogen-bond acceptors (Lipinski definition) is 5. The van der Waals surface area contributed by atoms with E-state index in [0.717, 1.165) is 45.7 Å². The Morgan fingerprint density at radius 1 is 0.596 bits per heavy atom. The maximum Gasteiger partial charge on any atom is 0.183 e. The maximum absolute atomic E-state index is 6.31. The van der Waals surface area contributed by atoms with Gasteiger partial charge in [0.25, 0.3) is 0 Å². The van der Waals surface area contributed by atoms with Crippen LogP contribution in [0.1, 0.15) is 114 Å². The molecular weight excluding hydrogens is 611 g/mol. The Morgan fingerprint density at radius 2 is 0.957 bits per heavy atom. The first-order chi connectivity index (χ1) is 21.8. The maximum atomic E-state index is 6.31. The number of rotatable bonds is 19. The molecule has 0 bridgehead atoms. The largest absolute Gasteiger partial charge is 0.416 e. The van der Waals surface area contributed by atoms with Crippen LogP contribution < -0.4 is 0 Å². The van der Waals surface area contributed by atoms with Crippen molar-refractivity contribution in [3.63, 3.8) is 0 Å². The lowest BCUT2D eigenvalue weighted by atomic mass is 9.68. The van der Waals surface area contributed by atoms with Crippen molar-refractivity contribution in [3.8, 4) is 0 Å². The fraction of sp³-hybridized carbons (Fsp3) is 0.950. The van der Waals surface area contributed by atoms with Crippen LogP contribution in [0.4, 0.5) is 0 Å². The highest BCUT2D eigenvalue weighted by Crippen LogP contribution is 2.41. The summed E-state index contributed by atoms with van der Waals surface area (Å²) in [7, 11) is -3.08. The van der Waals surface area contributed by atoms with Crippen molar-refractivity contribution >= 4 is 28.1 Å². The first kappa shape index (κ1) is 42.8. The van der Waals surface area contributed by atoms with Gasteiger partial charge in [-0.25, -0.2) is 0 Å². The molecule has 2 fully saturated rings. The van der Waals surface area contributed by atoms with Gasteiger partial charge in [0.1, 0.15) is 0 Å². The summed E-state index contributed by atoms with van der Waals surface area (Å²) in [6, 6.07) is 0.819. The lowest BCUT2D eigenvalue weighted by Crippen LogP contribution is -2.40. The Bertz CT molecular complexity index is 898. The van der Waals surface area contributed by atoms with Crippen LogP contribution in [0, 0.1) is 47.3 Å². The third-order valence-corrected chi connectivity index (χ3v) is 13.3. The lowest BCUT2D eigenvalue weighted by molar-refractivity contribution is 0.142. The van der Waals surface area contributed by atoms with E-state index in [0.29, 0.717) is 59.4 Å². The van der Waals surface area contributed by atoms with Crippen LogP contribution >= 0.6 is 0 Å². The molecule has 2 aliphatic carbocycles. The topological polar surface area (TPSA) is 46.4 Å². The van der Waals surface area contributed by atoms with Gasteiger partial charge in [-0.3, -0.25) is 14.9 Å². The summed E-state index contributed by atoms with van der Waals surface area (Å²) in [5.41, 5.74) is 2.54. The highest BCUT2D eigenvalue weighted by atomic mass is 28.4. The van der Waals surface area contributed by atoms with Crippen molar-refractivity contribution in [2.75, 3.05) is 32.8 Å². The van der Waals surface area contributed by atoms with Gasteiger partial charge < -0.3 is 8.85 Å². The molecule has 0 saturated heterocycles. The summed E-state index contributed by atoms with van der Waals surface area (Å²) in [6.07, 6.45) is 10.1. The molecule has 47 heavy (non-hydrogen) atoms. The van der Waals surface area contributed by atoms with Crippen LogP contribution in [0.5, 0.6) is 0 Å². The van der Waals surface area contributed by atoms with Crippen LogP contribution in [-0.4, -0.2) is 77.9 Å².